The molecule has 1 N–H and O–H groups in total. The van der Waals surface area contributed by atoms with Crippen molar-refractivity contribution in [2.24, 2.45) is 0 Å². The number of quaternary nitrogens is 1. The molecule has 0 fully saturated rings. The molecule has 0 amide bonds. The molecule has 0 radical (unpaired) electrons. The summed E-state index contributed by atoms with van der Waals surface area (Å²) in [6.07, 6.45) is 12.5. The molecule has 1 unspecified atom stereocenters. The van der Waals surface area contributed by atoms with E-state index in [-0.39, 0.29) is 0 Å². The summed E-state index contributed by atoms with van der Waals surface area (Å²) in [4.78, 5) is 1.57. The third kappa shape index (κ3) is 10.2. The number of hydrogen-bond acceptors (Lipinski definition) is 3. The number of unbranched alkanes of at least 4 members (excludes halogenated alkanes) is 2. The number of allylic oxidation sites excluding steroid dienone is 3. The Morgan fingerprint density at radius 1 is 1.29 bits per heavy atom. The molecule has 100 valence electrons. The van der Waals surface area contributed by atoms with E-state index in [0.717, 1.165) is 0 Å². The van der Waals surface area contributed by atoms with Crippen LogP contribution in [0, 0.1) is 0 Å². The topological polar surface area (TPSA) is 61.6 Å². The van der Waals surface area contributed by atoms with Crippen LogP contribution in [0.25, 0.3) is 0 Å². The quantitative estimate of drug-likeness (QED) is 0.594. The first kappa shape index (κ1) is 16.4. The van der Waals surface area contributed by atoms with Gasteiger partial charge in [-0.2, -0.15) is 0 Å². The van der Waals surface area contributed by atoms with Crippen LogP contribution in [0.15, 0.2) is 24.0 Å². The first-order valence-electron chi connectivity index (χ1n) is 6.02. The summed E-state index contributed by atoms with van der Waals surface area (Å²) in [7, 11) is -3.92. The van der Waals surface area contributed by atoms with E-state index in [0.29, 0.717) is 6.26 Å². The largest absolute Gasteiger partial charge is 0.748 e. The maximum Gasteiger partial charge on any atom is 0.112 e. The molecule has 0 spiro atoms. The van der Waals surface area contributed by atoms with Crippen LogP contribution in [0.3, 0.4) is 0 Å². The summed E-state index contributed by atoms with van der Waals surface area (Å²) in [6.45, 7) is 5.77. The fourth-order valence-corrected chi connectivity index (χ4v) is 1.65. The average Bonchev–Trinajstić information content (AvgIpc) is 2.63. The van der Waals surface area contributed by atoms with Crippen LogP contribution in [-0.2, 0) is 10.1 Å². The molecule has 0 aromatic rings. The molecule has 0 saturated heterocycles. The lowest BCUT2D eigenvalue weighted by Crippen LogP contribution is -3.04. The molecule has 1 aliphatic rings. The molecule has 5 heteroatoms. The Hall–Kier alpha value is -0.650. The van der Waals surface area contributed by atoms with Gasteiger partial charge in [0.25, 0.3) is 0 Å². The minimum Gasteiger partial charge on any atom is -0.748 e. The second kappa shape index (κ2) is 8.44. The molecule has 1 aliphatic heterocycles. The van der Waals surface area contributed by atoms with E-state index >= 15 is 0 Å². The molecule has 1 heterocycles. The van der Waals surface area contributed by atoms with Crippen LogP contribution >= 0.6 is 0 Å². The van der Waals surface area contributed by atoms with E-state index in [2.05, 4.69) is 32.2 Å². The molecule has 0 aromatic carbocycles. The predicted octanol–water partition coefficient (Wildman–Crippen LogP) is 1.04. The lowest BCUT2D eigenvalue weighted by molar-refractivity contribution is -0.804. The van der Waals surface area contributed by atoms with Crippen LogP contribution in [0.5, 0.6) is 0 Å². The molecule has 17 heavy (non-hydrogen) atoms. The van der Waals surface area contributed by atoms with E-state index in [1.54, 1.807) is 10.6 Å². The van der Waals surface area contributed by atoms with Crippen LogP contribution in [0.1, 0.15) is 39.5 Å². The third-order valence-corrected chi connectivity index (χ3v) is 2.44. The van der Waals surface area contributed by atoms with Gasteiger partial charge in [-0.05, 0) is 18.9 Å². The van der Waals surface area contributed by atoms with E-state index in [1.165, 1.54) is 32.2 Å². The number of nitrogens with one attached hydrogen (secondary N) is 1. The predicted molar refractivity (Wildman–Crippen MR) is 68.5 cm³/mol. The van der Waals surface area contributed by atoms with Crippen molar-refractivity contribution in [3.05, 3.63) is 24.0 Å². The number of hydrogen-bond donors (Lipinski definition) is 1. The smallest absolute Gasteiger partial charge is 0.112 e. The van der Waals surface area contributed by atoms with E-state index in [1.807, 2.05) is 0 Å². The van der Waals surface area contributed by atoms with Gasteiger partial charge in [0.2, 0.25) is 0 Å². The minimum absolute atomic E-state index is 0.604. The first-order valence-corrected chi connectivity index (χ1v) is 7.84. The molecular weight excluding hydrogens is 238 g/mol. The summed E-state index contributed by atoms with van der Waals surface area (Å²) >= 11 is 0. The highest BCUT2D eigenvalue weighted by Gasteiger charge is 2.13. The summed E-state index contributed by atoms with van der Waals surface area (Å²) in [5.41, 5.74) is 1.55. The zero-order valence-electron chi connectivity index (χ0n) is 10.9. The molecule has 1 rings (SSSR count). The first-order chi connectivity index (χ1) is 7.88. The van der Waals surface area contributed by atoms with Gasteiger partial charge in [-0.15, -0.1) is 0 Å². The zero-order chi connectivity index (χ0) is 13.3. The zero-order valence-corrected chi connectivity index (χ0v) is 11.7. The van der Waals surface area contributed by atoms with Crippen molar-refractivity contribution < 1.29 is 17.9 Å². The van der Waals surface area contributed by atoms with Crippen molar-refractivity contribution in [3.8, 4) is 0 Å². The highest BCUT2D eigenvalue weighted by molar-refractivity contribution is 7.84. The van der Waals surface area contributed by atoms with Crippen LogP contribution in [0.2, 0.25) is 0 Å². The highest BCUT2D eigenvalue weighted by atomic mass is 32.2. The van der Waals surface area contributed by atoms with Crippen molar-refractivity contribution in [2.75, 3.05) is 12.8 Å². The SMILES string of the molecule is CCCCC[NH+]1C=CC=C1CC.CS(=O)(=O)[O-]. The second-order valence-electron chi connectivity index (χ2n) is 4.09. The maximum absolute atomic E-state index is 9.08. The van der Waals surface area contributed by atoms with Crippen molar-refractivity contribution >= 4 is 10.1 Å². The Morgan fingerprint density at radius 2 is 1.88 bits per heavy atom. The monoisotopic (exact) mass is 261 g/mol. The summed E-state index contributed by atoms with van der Waals surface area (Å²) < 4.78 is 27.2. The van der Waals surface area contributed by atoms with E-state index in [9.17, 15) is 0 Å². The van der Waals surface area contributed by atoms with Gasteiger partial charge in [-0.25, -0.2) is 8.42 Å². The Kier molecular flexibility index (Phi) is 8.12. The minimum atomic E-state index is -3.92. The molecule has 0 saturated carbocycles. The van der Waals surface area contributed by atoms with Gasteiger partial charge in [0.15, 0.2) is 0 Å². The lowest BCUT2D eigenvalue weighted by atomic mass is 10.2. The van der Waals surface area contributed by atoms with E-state index < -0.39 is 10.1 Å². The highest BCUT2D eigenvalue weighted by Crippen LogP contribution is 1.98. The number of rotatable bonds is 5. The van der Waals surface area contributed by atoms with Crippen molar-refractivity contribution in [1.29, 1.82) is 0 Å². The molecule has 1 atom stereocenters. The Labute approximate surface area is 105 Å². The van der Waals surface area contributed by atoms with Crippen LogP contribution < -0.4 is 4.90 Å². The summed E-state index contributed by atoms with van der Waals surface area (Å²) in [6, 6.07) is 0. The summed E-state index contributed by atoms with van der Waals surface area (Å²) in [5, 5.41) is 0. The van der Waals surface area contributed by atoms with Gasteiger partial charge in [0, 0.05) is 18.8 Å². The van der Waals surface area contributed by atoms with Crippen molar-refractivity contribution in [1.82, 2.24) is 0 Å². The lowest BCUT2D eigenvalue weighted by Gasteiger charge is -2.12. The van der Waals surface area contributed by atoms with Gasteiger partial charge in [0.1, 0.15) is 5.70 Å². The maximum atomic E-state index is 9.08. The standard InChI is InChI=1S/C11H19N.CH4O3S/c1-3-5-6-9-12-10-7-8-11(12)4-2;1-5(2,3)4/h7-8,10H,3-6,9H2,1-2H3;1H3,(H,2,3,4). The van der Waals surface area contributed by atoms with Crippen molar-refractivity contribution in [2.45, 2.75) is 39.5 Å². The van der Waals surface area contributed by atoms with Gasteiger partial charge < -0.3 is 4.55 Å². The fraction of sp³-hybridized carbons (Fsp3) is 0.667. The fourth-order valence-electron chi connectivity index (χ4n) is 1.65. The third-order valence-electron chi connectivity index (χ3n) is 2.44. The van der Waals surface area contributed by atoms with Crippen LogP contribution in [0.4, 0.5) is 0 Å². The van der Waals surface area contributed by atoms with Gasteiger partial charge in [-0.1, -0.05) is 20.3 Å². The van der Waals surface area contributed by atoms with Gasteiger partial charge in [0.05, 0.1) is 22.9 Å². The van der Waals surface area contributed by atoms with Gasteiger partial charge >= 0.3 is 0 Å². The molecule has 4 nitrogen and oxygen atoms in total. The van der Waals surface area contributed by atoms with Gasteiger partial charge in [-0.3, -0.25) is 4.90 Å². The Balaban J connectivity index is 0.000000437. The van der Waals surface area contributed by atoms with Crippen molar-refractivity contribution in [3.63, 3.8) is 0 Å². The average molecular weight is 261 g/mol. The Bertz CT molecular complexity index is 350. The molecule has 0 aliphatic carbocycles. The Morgan fingerprint density at radius 3 is 2.35 bits per heavy atom. The second-order valence-corrected chi connectivity index (χ2v) is 5.50. The molecular formula is C12H23NO3S. The molecule has 0 aromatic heterocycles. The summed E-state index contributed by atoms with van der Waals surface area (Å²) in [5.74, 6) is 0. The normalized spacial score (nSPS) is 18.6. The van der Waals surface area contributed by atoms with E-state index in [4.69, 9.17) is 13.0 Å². The van der Waals surface area contributed by atoms with Crippen LogP contribution in [-0.4, -0.2) is 25.8 Å². The molecule has 0 bridgehead atoms.